The van der Waals surface area contributed by atoms with E-state index in [0.29, 0.717) is 13.2 Å². The van der Waals surface area contributed by atoms with E-state index in [1.165, 1.54) is 7.11 Å². The van der Waals surface area contributed by atoms with Gasteiger partial charge in [-0.1, -0.05) is 0 Å². The molecule has 0 spiro atoms. The predicted molar refractivity (Wildman–Crippen MR) is 61.0 cm³/mol. The smallest absolute Gasteiger partial charge is 0.245 e. The molecule has 0 radical (unpaired) electrons. The summed E-state index contributed by atoms with van der Waals surface area (Å²) in [6, 6.07) is -0.334. The molecular weight excluding hydrogens is 248 g/mol. The maximum Gasteiger partial charge on any atom is 0.245 e. The van der Waals surface area contributed by atoms with Crippen LogP contribution < -0.4 is 10.8 Å². The van der Waals surface area contributed by atoms with Crippen LogP contribution in [0, 0.1) is 0 Å². The lowest BCUT2D eigenvalue weighted by atomic mass is 10.2. The van der Waals surface area contributed by atoms with E-state index in [4.69, 9.17) is 9.57 Å². The third kappa shape index (κ3) is 5.97. The highest BCUT2D eigenvalue weighted by Gasteiger charge is 2.25. The van der Waals surface area contributed by atoms with E-state index in [9.17, 15) is 13.2 Å². The monoisotopic (exact) mass is 266 g/mol. The Kier molecular flexibility index (Phi) is 5.83. The molecule has 0 aromatic carbocycles. The van der Waals surface area contributed by atoms with E-state index >= 15 is 0 Å². The summed E-state index contributed by atoms with van der Waals surface area (Å²) in [5.41, 5.74) is 2.24. The van der Waals surface area contributed by atoms with Crippen molar-refractivity contribution in [1.82, 2.24) is 10.8 Å². The number of amides is 1. The van der Waals surface area contributed by atoms with Crippen molar-refractivity contribution in [3.63, 3.8) is 0 Å². The number of hydrogen-bond acceptors (Lipinski definition) is 6. The van der Waals surface area contributed by atoms with Crippen LogP contribution in [-0.4, -0.2) is 58.7 Å². The average Bonchev–Trinajstić information content (AvgIpc) is 2.23. The van der Waals surface area contributed by atoms with Gasteiger partial charge in [0.2, 0.25) is 5.91 Å². The summed E-state index contributed by atoms with van der Waals surface area (Å²) in [7, 11) is -1.48. The second kappa shape index (κ2) is 6.90. The van der Waals surface area contributed by atoms with Gasteiger partial charge in [-0.2, -0.15) is 0 Å². The summed E-state index contributed by atoms with van der Waals surface area (Å²) in [6.07, 6.45) is 0.0895. The van der Waals surface area contributed by atoms with Crippen LogP contribution >= 0.6 is 0 Å². The van der Waals surface area contributed by atoms with E-state index in [2.05, 4.69) is 10.8 Å². The highest BCUT2D eigenvalue weighted by Crippen LogP contribution is 2.04. The Morgan fingerprint density at radius 1 is 1.47 bits per heavy atom. The van der Waals surface area contributed by atoms with Crippen LogP contribution in [0.2, 0.25) is 0 Å². The standard InChI is InChI=1S/C9H18N2O5S/c1-15-3-4-16-11-9(12)6-8-7-17(13,14)5-2-10-8/h8,10H,2-7H2,1H3,(H,11,12). The number of ether oxygens (including phenoxy) is 1. The van der Waals surface area contributed by atoms with Crippen molar-refractivity contribution in [3.05, 3.63) is 0 Å². The summed E-state index contributed by atoms with van der Waals surface area (Å²) in [4.78, 5) is 16.2. The van der Waals surface area contributed by atoms with Crippen LogP contribution in [0.3, 0.4) is 0 Å². The van der Waals surface area contributed by atoms with Gasteiger partial charge in [-0.3, -0.25) is 9.63 Å². The van der Waals surface area contributed by atoms with Crippen LogP contribution in [0.5, 0.6) is 0 Å². The summed E-state index contributed by atoms with van der Waals surface area (Å²) in [6.45, 7) is 1.04. The lowest BCUT2D eigenvalue weighted by Crippen LogP contribution is -2.47. The van der Waals surface area contributed by atoms with E-state index in [0.717, 1.165) is 0 Å². The highest BCUT2D eigenvalue weighted by atomic mass is 32.2. The van der Waals surface area contributed by atoms with Crippen LogP contribution in [0.15, 0.2) is 0 Å². The molecule has 8 heteroatoms. The van der Waals surface area contributed by atoms with Crippen molar-refractivity contribution in [3.8, 4) is 0 Å². The SMILES string of the molecule is COCCONC(=O)CC1CS(=O)(=O)CCN1. The topological polar surface area (TPSA) is 93.7 Å². The molecule has 1 heterocycles. The van der Waals surface area contributed by atoms with Crippen LogP contribution in [0.25, 0.3) is 0 Å². The molecule has 1 amide bonds. The number of nitrogens with one attached hydrogen (secondary N) is 2. The molecule has 0 aliphatic carbocycles. The fraction of sp³-hybridized carbons (Fsp3) is 0.889. The predicted octanol–water partition coefficient (Wildman–Crippen LogP) is -1.54. The number of carbonyl (C=O) groups is 1. The Hall–Kier alpha value is -0.700. The first-order valence-corrected chi connectivity index (χ1v) is 7.19. The molecule has 1 atom stereocenters. The van der Waals surface area contributed by atoms with Crippen LogP contribution in [0.1, 0.15) is 6.42 Å². The first-order valence-electron chi connectivity index (χ1n) is 5.37. The molecule has 7 nitrogen and oxygen atoms in total. The van der Waals surface area contributed by atoms with Crippen molar-refractivity contribution < 1.29 is 22.8 Å². The number of hydroxylamine groups is 1. The Bertz CT molecular complexity index is 343. The summed E-state index contributed by atoms with van der Waals surface area (Å²) >= 11 is 0. The van der Waals surface area contributed by atoms with E-state index < -0.39 is 9.84 Å². The van der Waals surface area contributed by atoms with Gasteiger partial charge >= 0.3 is 0 Å². The lowest BCUT2D eigenvalue weighted by molar-refractivity contribution is -0.135. The van der Waals surface area contributed by atoms with Gasteiger partial charge in [-0.25, -0.2) is 13.9 Å². The van der Waals surface area contributed by atoms with E-state index in [-0.39, 0.29) is 36.5 Å². The van der Waals surface area contributed by atoms with Gasteiger partial charge < -0.3 is 10.1 Å². The van der Waals surface area contributed by atoms with Gasteiger partial charge in [0.05, 0.1) is 24.7 Å². The molecule has 1 fully saturated rings. The zero-order chi connectivity index (χ0) is 12.7. The van der Waals surface area contributed by atoms with Crippen LogP contribution in [-0.2, 0) is 24.2 Å². The third-order valence-electron chi connectivity index (χ3n) is 2.31. The van der Waals surface area contributed by atoms with Gasteiger partial charge in [-0.15, -0.1) is 0 Å². The quantitative estimate of drug-likeness (QED) is 0.447. The molecule has 100 valence electrons. The van der Waals surface area contributed by atoms with Crippen molar-refractivity contribution >= 4 is 15.7 Å². The molecule has 1 saturated heterocycles. The number of sulfone groups is 1. The van der Waals surface area contributed by atoms with Gasteiger partial charge in [0.25, 0.3) is 0 Å². The maximum absolute atomic E-state index is 11.4. The summed E-state index contributed by atoms with van der Waals surface area (Å²) < 4.78 is 27.4. The number of carbonyl (C=O) groups excluding carboxylic acids is 1. The van der Waals surface area contributed by atoms with Crippen LogP contribution in [0.4, 0.5) is 0 Å². The molecule has 1 aliphatic heterocycles. The summed E-state index contributed by atoms with van der Waals surface area (Å²) in [5.74, 6) is -0.204. The average molecular weight is 266 g/mol. The zero-order valence-electron chi connectivity index (χ0n) is 9.77. The van der Waals surface area contributed by atoms with E-state index in [1.54, 1.807) is 0 Å². The fourth-order valence-electron chi connectivity index (χ4n) is 1.52. The van der Waals surface area contributed by atoms with Gasteiger partial charge in [0.1, 0.15) is 0 Å². The molecule has 17 heavy (non-hydrogen) atoms. The van der Waals surface area contributed by atoms with Crippen molar-refractivity contribution in [2.24, 2.45) is 0 Å². The van der Waals surface area contributed by atoms with Crippen molar-refractivity contribution in [2.75, 3.05) is 38.4 Å². The number of hydrogen-bond donors (Lipinski definition) is 2. The molecule has 0 bridgehead atoms. The first-order chi connectivity index (χ1) is 8.03. The van der Waals surface area contributed by atoms with Gasteiger partial charge in [0.15, 0.2) is 9.84 Å². The first kappa shape index (κ1) is 14.4. The normalized spacial score (nSPS) is 23.2. The Morgan fingerprint density at radius 2 is 2.24 bits per heavy atom. The minimum atomic E-state index is -3.01. The molecular formula is C9H18N2O5S. The number of methoxy groups -OCH3 is 1. The minimum Gasteiger partial charge on any atom is -0.382 e. The summed E-state index contributed by atoms with van der Waals surface area (Å²) in [5, 5.41) is 2.99. The molecule has 1 rings (SSSR count). The highest BCUT2D eigenvalue weighted by molar-refractivity contribution is 7.91. The van der Waals surface area contributed by atoms with Gasteiger partial charge in [-0.05, 0) is 0 Å². The van der Waals surface area contributed by atoms with Crippen molar-refractivity contribution in [2.45, 2.75) is 12.5 Å². The van der Waals surface area contributed by atoms with E-state index in [1.807, 2.05) is 0 Å². The van der Waals surface area contributed by atoms with Gasteiger partial charge in [0, 0.05) is 26.1 Å². The molecule has 2 N–H and O–H groups in total. The Balaban J connectivity index is 2.22. The minimum absolute atomic E-state index is 0.00150. The molecule has 0 saturated carbocycles. The van der Waals surface area contributed by atoms with Crippen molar-refractivity contribution in [1.29, 1.82) is 0 Å². The Labute approximate surface area is 101 Å². The zero-order valence-corrected chi connectivity index (χ0v) is 10.6. The molecule has 1 aliphatic rings. The maximum atomic E-state index is 11.4. The molecule has 0 aromatic heterocycles. The molecule has 1 unspecified atom stereocenters. The lowest BCUT2D eigenvalue weighted by Gasteiger charge is -2.22. The second-order valence-electron chi connectivity index (χ2n) is 3.84. The number of rotatable bonds is 6. The largest absolute Gasteiger partial charge is 0.382 e. The fourth-order valence-corrected chi connectivity index (χ4v) is 2.96. The third-order valence-corrected chi connectivity index (χ3v) is 4.04. The molecule has 0 aromatic rings. The second-order valence-corrected chi connectivity index (χ2v) is 6.06. The Morgan fingerprint density at radius 3 is 2.88 bits per heavy atom.